The van der Waals surface area contributed by atoms with Crippen LogP contribution in [0.2, 0.25) is 0 Å². The van der Waals surface area contributed by atoms with Crippen molar-refractivity contribution in [2.24, 2.45) is 11.3 Å². The van der Waals surface area contributed by atoms with Crippen LogP contribution in [0.3, 0.4) is 0 Å². The molecular formula is C9H18O2S. The van der Waals surface area contributed by atoms with Gasteiger partial charge in [0.15, 0.2) is 0 Å². The van der Waals surface area contributed by atoms with E-state index in [-0.39, 0.29) is 17.1 Å². The smallest absolute Gasteiger partial charge is 0.143 e. The van der Waals surface area contributed by atoms with Crippen LogP contribution in [0.25, 0.3) is 0 Å². The second-order valence-corrected chi connectivity index (χ2v) is 4.40. The number of ketones is 1. The Morgan fingerprint density at radius 3 is 2.33 bits per heavy atom. The fourth-order valence-corrected chi connectivity index (χ4v) is 1.47. The van der Waals surface area contributed by atoms with Crippen LogP contribution in [0.4, 0.5) is 0 Å². The van der Waals surface area contributed by atoms with Crippen molar-refractivity contribution >= 4 is 17.8 Å². The van der Waals surface area contributed by atoms with E-state index in [1.54, 1.807) is 0 Å². The number of carbonyl (C=O) groups is 1. The van der Waals surface area contributed by atoms with Crippen LogP contribution in [0.1, 0.15) is 27.7 Å². The Morgan fingerprint density at radius 2 is 2.00 bits per heavy atom. The first-order chi connectivity index (χ1) is 5.41. The standard InChI is InChI=1S/C9H18O2S/c1-7(2)8(10)9(3,4)6-11-12-5/h7H,6H2,1-5H3. The van der Waals surface area contributed by atoms with Gasteiger partial charge in [0.2, 0.25) is 0 Å². The first-order valence-corrected chi connectivity index (χ1v) is 5.26. The molecule has 0 aromatic carbocycles. The van der Waals surface area contributed by atoms with Gasteiger partial charge in [-0.25, -0.2) is 0 Å². The number of carbonyl (C=O) groups excluding carboxylic acids is 1. The van der Waals surface area contributed by atoms with E-state index in [0.717, 1.165) is 0 Å². The summed E-state index contributed by atoms with van der Waals surface area (Å²) in [5.74, 6) is 0.349. The molecule has 0 radical (unpaired) electrons. The highest BCUT2D eigenvalue weighted by Gasteiger charge is 2.29. The minimum Gasteiger partial charge on any atom is -0.315 e. The number of rotatable bonds is 5. The third kappa shape index (κ3) is 3.59. The summed E-state index contributed by atoms with van der Waals surface area (Å²) in [5, 5.41) is 0. The summed E-state index contributed by atoms with van der Waals surface area (Å²) in [6.07, 6.45) is 1.86. The Morgan fingerprint density at radius 1 is 1.50 bits per heavy atom. The molecule has 0 aliphatic heterocycles. The molecule has 0 bridgehead atoms. The van der Waals surface area contributed by atoms with Gasteiger partial charge in [0.1, 0.15) is 5.78 Å². The first-order valence-electron chi connectivity index (χ1n) is 4.11. The molecule has 0 unspecified atom stereocenters. The van der Waals surface area contributed by atoms with Crippen molar-refractivity contribution in [1.82, 2.24) is 0 Å². The highest BCUT2D eigenvalue weighted by Crippen LogP contribution is 2.22. The average Bonchev–Trinajstić information content (AvgIpc) is 1.99. The maximum atomic E-state index is 11.6. The van der Waals surface area contributed by atoms with Gasteiger partial charge in [-0.05, 0) is 12.0 Å². The van der Waals surface area contributed by atoms with E-state index in [0.29, 0.717) is 6.61 Å². The van der Waals surface area contributed by atoms with E-state index in [1.165, 1.54) is 12.0 Å². The van der Waals surface area contributed by atoms with E-state index in [9.17, 15) is 4.79 Å². The maximum Gasteiger partial charge on any atom is 0.143 e. The summed E-state index contributed by atoms with van der Waals surface area (Å²) in [5.41, 5.74) is -0.350. The van der Waals surface area contributed by atoms with Gasteiger partial charge in [-0.1, -0.05) is 27.7 Å². The molecule has 0 heterocycles. The molecule has 0 N–H and O–H groups in total. The van der Waals surface area contributed by atoms with Crippen molar-refractivity contribution in [3.05, 3.63) is 0 Å². The number of hydrogen-bond donors (Lipinski definition) is 0. The molecule has 0 spiro atoms. The molecule has 0 aromatic heterocycles. The third-order valence-electron chi connectivity index (χ3n) is 1.73. The van der Waals surface area contributed by atoms with E-state index in [2.05, 4.69) is 0 Å². The van der Waals surface area contributed by atoms with E-state index < -0.39 is 0 Å². The quantitative estimate of drug-likeness (QED) is 0.623. The average molecular weight is 190 g/mol. The molecular weight excluding hydrogens is 172 g/mol. The Hall–Kier alpha value is -0.0200. The Bertz CT molecular complexity index is 153. The van der Waals surface area contributed by atoms with E-state index in [4.69, 9.17) is 4.18 Å². The van der Waals surface area contributed by atoms with Crippen molar-refractivity contribution in [3.8, 4) is 0 Å². The molecule has 0 amide bonds. The van der Waals surface area contributed by atoms with Crippen molar-refractivity contribution in [3.63, 3.8) is 0 Å². The summed E-state index contributed by atoms with van der Waals surface area (Å²) in [6, 6.07) is 0. The lowest BCUT2D eigenvalue weighted by atomic mass is 9.83. The third-order valence-corrected chi connectivity index (χ3v) is 2.08. The zero-order valence-corrected chi connectivity index (χ0v) is 9.33. The Kier molecular flexibility index (Phi) is 4.87. The number of hydrogen-bond acceptors (Lipinski definition) is 3. The summed E-state index contributed by atoms with van der Waals surface area (Å²) in [6.45, 7) is 8.18. The normalized spacial score (nSPS) is 12.2. The van der Waals surface area contributed by atoms with Crippen LogP contribution in [-0.4, -0.2) is 18.6 Å². The maximum absolute atomic E-state index is 11.6. The monoisotopic (exact) mass is 190 g/mol. The molecule has 0 saturated carbocycles. The van der Waals surface area contributed by atoms with Gasteiger partial charge in [-0.15, -0.1) is 0 Å². The highest BCUT2D eigenvalue weighted by molar-refractivity contribution is 7.93. The van der Waals surface area contributed by atoms with Gasteiger partial charge < -0.3 is 4.18 Å². The first kappa shape index (κ1) is 12.0. The molecule has 12 heavy (non-hydrogen) atoms. The molecule has 2 nitrogen and oxygen atoms in total. The van der Waals surface area contributed by atoms with Crippen LogP contribution in [0.15, 0.2) is 0 Å². The van der Waals surface area contributed by atoms with Gasteiger partial charge >= 0.3 is 0 Å². The SMILES string of the molecule is CSOCC(C)(C)C(=O)C(C)C. The van der Waals surface area contributed by atoms with Crippen LogP contribution < -0.4 is 0 Å². The van der Waals surface area contributed by atoms with Gasteiger partial charge in [0.05, 0.1) is 6.61 Å². The van der Waals surface area contributed by atoms with E-state index in [1.807, 2.05) is 34.0 Å². The molecule has 0 aromatic rings. The van der Waals surface area contributed by atoms with Crippen molar-refractivity contribution in [1.29, 1.82) is 0 Å². The van der Waals surface area contributed by atoms with Crippen molar-refractivity contribution in [2.75, 3.05) is 12.9 Å². The fraction of sp³-hybridized carbons (Fsp3) is 0.889. The molecule has 0 rings (SSSR count). The van der Waals surface area contributed by atoms with Crippen LogP contribution >= 0.6 is 12.0 Å². The van der Waals surface area contributed by atoms with Crippen LogP contribution in [0.5, 0.6) is 0 Å². The molecule has 72 valence electrons. The molecule has 0 aliphatic carbocycles. The summed E-state index contributed by atoms with van der Waals surface area (Å²) >= 11 is 1.31. The molecule has 0 atom stereocenters. The highest BCUT2D eigenvalue weighted by atomic mass is 32.2. The Labute approximate surface area is 79.3 Å². The lowest BCUT2D eigenvalue weighted by Gasteiger charge is -2.23. The molecule has 0 saturated heterocycles. The predicted molar refractivity (Wildman–Crippen MR) is 53.1 cm³/mol. The summed E-state index contributed by atoms with van der Waals surface area (Å²) in [4.78, 5) is 11.6. The lowest BCUT2D eigenvalue weighted by molar-refractivity contribution is -0.131. The zero-order valence-electron chi connectivity index (χ0n) is 8.51. The second-order valence-electron chi connectivity index (χ2n) is 3.83. The van der Waals surface area contributed by atoms with Gasteiger partial charge in [-0.3, -0.25) is 4.79 Å². The topological polar surface area (TPSA) is 26.3 Å². The van der Waals surface area contributed by atoms with Gasteiger partial charge in [0.25, 0.3) is 0 Å². The molecule has 0 fully saturated rings. The van der Waals surface area contributed by atoms with Gasteiger partial charge in [0, 0.05) is 17.6 Å². The van der Waals surface area contributed by atoms with Gasteiger partial charge in [-0.2, -0.15) is 0 Å². The van der Waals surface area contributed by atoms with Crippen LogP contribution in [-0.2, 0) is 8.98 Å². The van der Waals surface area contributed by atoms with Crippen LogP contribution in [0, 0.1) is 11.3 Å². The molecule has 3 heteroatoms. The zero-order chi connectivity index (χ0) is 9.78. The fourth-order valence-electron chi connectivity index (χ4n) is 1.06. The predicted octanol–water partition coefficient (Wildman–Crippen LogP) is 2.53. The minimum atomic E-state index is -0.350. The second kappa shape index (κ2) is 4.87. The Balaban J connectivity index is 4.09. The lowest BCUT2D eigenvalue weighted by Crippen LogP contribution is -2.32. The number of Topliss-reactive ketones (excluding diaryl/α,β-unsaturated/α-hetero) is 1. The van der Waals surface area contributed by atoms with Crippen molar-refractivity contribution < 1.29 is 8.98 Å². The minimum absolute atomic E-state index is 0.0884. The van der Waals surface area contributed by atoms with E-state index >= 15 is 0 Å². The largest absolute Gasteiger partial charge is 0.315 e. The summed E-state index contributed by atoms with van der Waals surface area (Å²) < 4.78 is 5.17. The molecule has 0 aliphatic rings. The summed E-state index contributed by atoms with van der Waals surface area (Å²) in [7, 11) is 0. The van der Waals surface area contributed by atoms with Crippen molar-refractivity contribution in [2.45, 2.75) is 27.7 Å².